The molecule has 3 nitrogen and oxygen atoms in total. The topological polar surface area (TPSA) is 46.5 Å². The Morgan fingerprint density at radius 3 is 2.47 bits per heavy atom. The first-order valence-electron chi connectivity index (χ1n) is 11.4. The average molecular weight is 435 g/mol. The van der Waals surface area contributed by atoms with E-state index in [1.807, 2.05) is 24.3 Å². The van der Waals surface area contributed by atoms with Gasteiger partial charge in [-0.25, -0.2) is 4.39 Å². The van der Waals surface area contributed by atoms with Crippen LogP contribution >= 0.6 is 0 Å². The van der Waals surface area contributed by atoms with Gasteiger partial charge in [0.15, 0.2) is 0 Å². The highest BCUT2D eigenvalue weighted by atomic mass is 19.1. The van der Waals surface area contributed by atoms with E-state index in [9.17, 15) is 14.3 Å². The van der Waals surface area contributed by atoms with Crippen LogP contribution in [0.5, 0.6) is 0 Å². The SMILES string of the molecule is CC1(C)CCC(c2ccccc2)CC(c2ccc(F)cc2)=C1C=CC1CC(O)CC(=O)O1. The predicted octanol–water partition coefficient (Wildman–Crippen LogP) is 6.20. The lowest BCUT2D eigenvalue weighted by Gasteiger charge is -2.28. The molecule has 0 saturated carbocycles. The summed E-state index contributed by atoms with van der Waals surface area (Å²) < 4.78 is 19.1. The van der Waals surface area contributed by atoms with Crippen LogP contribution in [0.1, 0.15) is 63.0 Å². The van der Waals surface area contributed by atoms with Crippen LogP contribution in [0.2, 0.25) is 0 Å². The molecule has 1 aliphatic carbocycles. The van der Waals surface area contributed by atoms with E-state index < -0.39 is 12.2 Å². The summed E-state index contributed by atoms with van der Waals surface area (Å²) in [6.07, 6.45) is 6.25. The minimum absolute atomic E-state index is 0.0537. The van der Waals surface area contributed by atoms with Crippen molar-refractivity contribution in [3.63, 3.8) is 0 Å². The summed E-state index contributed by atoms with van der Waals surface area (Å²) in [5, 5.41) is 9.97. The average Bonchev–Trinajstić information content (AvgIpc) is 2.88. The van der Waals surface area contributed by atoms with Gasteiger partial charge in [0.05, 0.1) is 12.5 Å². The normalized spacial score (nSPS) is 26.1. The number of ether oxygens (including phenoxy) is 1. The molecule has 1 saturated heterocycles. The van der Waals surface area contributed by atoms with Crippen LogP contribution in [0, 0.1) is 11.2 Å². The molecule has 3 unspecified atom stereocenters. The zero-order chi connectivity index (χ0) is 22.7. The highest BCUT2D eigenvalue weighted by Crippen LogP contribution is 2.47. The van der Waals surface area contributed by atoms with Gasteiger partial charge in [0.2, 0.25) is 0 Å². The Bertz CT molecular complexity index is 1000. The molecule has 1 aliphatic heterocycles. The van der Waals surface area contributed by atoms with Crippen LogP contribution in [-0.2, 0) is 9.53 Å². The van der Waals surface area contributed by atoms with E-state index >= 15 is 0 Å². The minimum Gasteiger partial charge on any atom is -0.458 e. The summed E-state index contributed by atoms with van der Waals surface area (Å²) in [5.74, 6) is -0.242. The maximum atomic E-state index is 13.7. The van der Waals surface area contributed by atoms with Gasteiger partial charge in [-0.1, -0.05) is 62.4 Å². The van der Waals surface area contributed by atoms with Crippen LogP contribution in [0.25, 0.3) is 5.57 Å². The zero-order valence-corrected chi connectivity index (χ0v) is 18.8. The third-order valence-electron chi connectivity index (χ3n) is 6.75. The molecule has 1 fully saturated rings. The molecule has 4 heteroatoms. The quantitative estimate of drug-likeness (QED) is 0.583. The van der Waals surface area contributed by atoms with Crippen LogP contribution in [0.15, 0.2) is 72.3 Å². The second kappa shape index (κ2) is 9.41. The number of allylic oxidation sites excluding steroid dienone is 3. The van der Waals surface area contributed by atoms with Crippen molar-refractivity contribution in [2.24, 2.45) is 5.41 Å². The molecule has 0 radical (unpaired) electrons. The van der Waals surface area contributed by atoms with Gasteiger partial charge in [0.1, 0.15) is 11.9 Å². The lowest BCUT2D eigenvalue weighted by atomic mass is 9.77. The number of hydrogen-bond acceptors (Lipinski definition) is 3. The Morgan fingerprint density at radius 1 is 1.06 bits per heavy atom. The molecule has 4 rings (SSSR count). The molecule has 1 heterocycles. The van der Waals surface area contributed by atoms with Crippen molar-refractivity contribution in [2.45, 2.75) is 64.1 Å². The van der Waals surface area contributed by atoms with E-state index in [0.717, 1.165) is 24.8 Å². The lowest BCUT2D eigenvalue weighted by Crippen LogP contribution is -2.31. The number of halogens is 1. The summed E-state index contributed by atoms with van der Waals surface area (Å²) in [6.45, 7) is 4.48. The van der Waals surface area contributed by atoms with Crippen molar-refractivity contribution in [1.82, 2.24) is 0 Å². The Hall–Kier alpha value is -2.72. The van der Waals surface area contributed by atoms with E-state index in [1.165, 1.54) is 28.8 Å². The van der Waals surface area contributed by atoms with Crippen molar-refractivity contribution in [3.8, 4) is 0 Å². The Labute approximate surface area is 189 Å². The van der Waals surface area contributed by atoms with E-state index in [0.29, 0.717) is 12.3 Å². The monoisotopic (exact) mass is 434 g/mol. The number of carbonyl (C=O) groups is 1. The van der Waals surface area contributed by atoms with Gasteiger partial charge < -0.3 is 9.84 Å². The third-order valence-corrected chi connectivity index (χ3v) is 6.75. The standard InChI is InChI=1S/C28H31FO3/c1-28(2)15-14-21(19-6-4-3-5-7-19)16-25(20-8-10-22(29)11-9-20)26(28)13-12-24-17-23(30)18-27(31)32-24/h3-13,21,23-24,30H,14-18H2,1-2H3. The summed E-state index contributed by atoms with van der Waals surface area (Å²) >= 11 is 0. The molecule has 3 atom stereocenters. The van der Waals surface area contributed by atoms with Crippen molar-refractivity contribution in [2.75, 3.05) is 0 Å². The van der Waals surface area contributed by atoms with Crippen molar-refractivity contribution in [1.29, 1.82) is 0 Å². The number of hydrogen-bond donors (Lipinski definition) is 1. The Kier molecular flexibility index (Phi) is 6.61. The molecule has 0 aromatic heterocycles. The number of carbonyl (C=O) groups excluding carboxylic acids is 1. The molecular formula is C28H31FO3. The molecule has 1 N–H and O–H groups in total. The predicted molar refractivity (Wildman–Crippen MR) is 124 cm³/mol. The van der Waals surface area contributed by atoms with Crippen molar-refractivity contribution in [3.05, 3.63) is 89.3 Å². The maximum absolute atomic E-state index is 13.7. The van der Waals surface area contributed by atoms with Gasteiger partial charge in [-0.2, -0.15) is 0 Å². The molecule has 2 aromatic carbocycles. The van der Waals surface area contributed by atoms with Gasteiger partial charge in [0.25, 0.3) is 0 Å². The summed E-state index contributed by atoms with van der Waals surface area (Å²) in [6, 6.07) is 17.3. The minimum atomic E-state index is -0.666. The number of benzene rings is 2. The Balaban J connectivity index is 1.76. The lowest BCUT2D eigenvalue weighted by molar-refractivity contribution is -0.156. The Morgan fingerprint density at radius 2 is 1.78 bits per heavy atom. The van der Waals surface area contributed by atoms with E-state index in [4.69, 9.17) is 4.74 Å². The van der Waals surface area contributed by atoms with E-state index in [1.54, 1.807) is 0 Å². The van der Waals surface area contributed by atoms with Crippen LogP contribution in [-0.4, -0.2) is 23.3 Å². The molecule has 0 bridgehead atoms. The smallest absolute Gasteiger partial charge is 0.309 e. The summed E-state index contributed by atoms with van der Waals surface area (Å²) in [7, 11) is 0. The largest absolute Gasteiger partial charge is 0.458 e. The fourth-order valence-electron chi connectivity index (χ4n) is 4.93. The molecule has 0 spiro atoms. The first-order valence-corrected chi connectivity index (χ1v) is 11.4. The van der Waals surface area contributed by atoms with Gasteiger partial charge in [-0.15, -0.1) is 0 Å². The molecule has 2 aromatic rings. The van der Waals surface area contributed by atoms with Crippen LogP contribution < -0.4 is 0 Å². The molecule has 168 valence electrons. The number of rotatable bonds is 4. The van der Waals surface area contributed by atoms with Gasteiger partial charge in [0, 0.05) is 6.42 Å². The number of aliphatic hydroxyl groups is 1. The molecule has 0 amide bonds. The van der Waals surface area contributed by atoms with Crippen molar-refractivity contribution < 1.29 is 19.0 Å². The summed E-state index contributed by atoms with van der Waals surface area (Å²) in [4.78, 5) is 11.8. The maximum Gasteiger partial charge on any atom is 0.309 e. The fraction of sp³-hybridized carbons (Fsp3) is 0.393. The van der Waals surface area contributed by atoms with E-state index in [2.05, 4.69) is 44.2 Å². The van der Waals surface area contributed by atoms with Gasteiger partial charge >= 0.3 is 5.97 Å². The van der Waals surface area contributed by atoms with Gasteiger partial charge in [-0.3, -0.25) is 4.79 Å². The highest BCUT2D eigenvalue weighted by Gasteiger charge is 2.32. The molecule has 32 heavy (non-hydrogen) atoms. The summed E-state index contributed by atoms with van der Waals surface area (Å²) in [5.41, 5.74) is 4.60. The number of esters is 1. The zero-order valence-electron chi connectivity index (χ0n) is 18.8. The second-order valence-corrected chi connectivity index (χ2v) is 9.61. The molecular weight excluding hydrogens is 403 g/mol. The van der Waals surface area contributed by atoms with Crippen LogP contribution in [0.4, 0.5) is 4.39 Å². The highest BCUT2D eigenvalue weighted by molar-refractivity contribution is 5.74. The third kappa shape index (κ3) is 5.18. The second-order valence-electron chi connectivity index (χ2n) is 9.61. The first kappa shape index (κ1) is 22.5. The van der Waals surface area contributed by atoms with Crippen LogP contribution in [0.3, 0.4) is 0 Å². The number of cyclic esters (lactones) is 1. The molecule has 2 aliphatic rings. The van der Waals surface area contributed by atoms with Gasteiger partial charge in [-0.05, 0) is 71.1 Å². The van der Waals surface area contributed by atoms with Crippen molar-refractivity contribution >= 4 is 11.5 Å². The van der Waals surface area contributed by atoms with E-state index in [-0.39, 0.29) is 23.6 Å². The first-order chi connectivity index (χ1) is 15.3. The fourth-order valence-corrected chi connectivity index (χ4v) is 4.93. The number of aliphatic hydroxyl groups excluding tert-OH is 1.